The number of piperidine rings is 1. The van der Waals surface area contributed by atoms with Crippen molar-refractivity contribution in [3.05, 3.63) is 18.0 Å². The molecule has 0 aromatic carbocycles. The van der Waals surface area contributed by atoms with E-state index in [1.165, 1.54) is 0 Å². The lowest BCUT2D eigenvalue weighted by Crippen LogP contribution is -2.47. The third-order valence-electron chi connectivity index (χ3n) is 4.90. The number of ether oxygens (including phenoxy) is 1. The highest BCUT2D eigenvalue weighted by atomic mass is 35.5. The fourth-order valence-corrected chi connectivity index (χ4v) is 3.47. The molecule has 28 heavy (non-hydrogen) atoms. The van der Waals surface area contributed by atoms with Gasteiger partial charge in [0.2, 0.25) is 5.95 Å². The lowest BCUT2D eigenvalue weighted by atomic mass is 10.0. The number of likely N-dealkylation sites (tertiary alicyclic amines) is 1. The summed E-state index contributed by atoms with van der Waals surface area (Å²) in [6.45, 7) is 4.02. The summed E-state index contributed by atoms with van der Waals surface area (Å²) in [4.78, 5) is 23.9. The molecule has 3 heterocycles. The first-order valence-electron chi connectivity index (χ1n) is 9.07. The number of rotatable bonds is 5. The Bertz CT molecular complexity index is 651. The molecule has 2 saturated heterocycles. The SMILES string of the molecule is C[C@H](N)COC1CCN(C2CCN(c3ncc(C(F)(F)F)cn3)CC2)C1=O.Cl. The van der Waals surface area contributed by atoms with E-state index in [2.05, 4.69) is 9.97 Å². The van der Waals surface area contributed by atoms with E-state index >= 15 is 0 Å². The summed E-state index contributed by atoms with van der Waals surface area (Å²) in [7, 11) is 0. The number of nitrogens with zero attached hydrogens (tertiary/aromatic N) is 4. The second-order valence-electron chi connectivity index (χ2n) is 7.11. The van der Waals surface area contributed by atoms with E-state index in [4.69, 9.17) is 10.5 Å². The van der Waals surface area contributed by atoms with Crippen LogP contribution in [0.15, 0.2) is 12.4 Å². The van der Waals surface area contributed by atoms with Gasteiger partial charge in [-0.05, 0) is 19.8 Å². The van der Waals surface area contributed by atoms with E-state index in [9.17, 15) is 18.0 Å². The Labute approximate surface area is 167 Å². The van der Waals surface area contributed by atoms with Crippen LogP contribution in [-0.2, 0) is 15.7 Å². The van der Waals surface area contributed by atoms with Gasteiger partial charge in [-0.15, -0.1) is 12.4 Å². The van der Waals surface area contributed by atoms with E-state index in [0.29, 0.717) is 32.7 Å². The summed E-state index contributed by atoms with van der Waals surface area (Å²) < 4.78 is 43.4. The molecule has 2 aliphatic heterocycles. The molecule has 0 saturated carbocycles. The first-order chi connectivity index (χ1) is 12.8. The Balaban J connectivity index is 0.00000280. The maximum absolute atomic E-state index is 12.6. The van der Waals surface area contributed by atoms with Crippen LogP contribution in [0.1, 0.15) is 31.7 Å². The largest absolute Gasteiger partial charge is 0.419 e. The minimum Gasteiger partial charge on any atom is -0.367 e. The van der Waals surface area contributed by atoms with Crippen LogP contribution in [0.5, 0.6) is 0 Å². The smallest absolute Gasteiger partial charge is 0.367 e. The van der Waals surface area contributed by atoms with E-state index in [0.717, 1.165) is 25.2 Å². The van der Waals surface area contributed by atoms with Crippen molar-refractivity contribution in [2.24, 2.45) is 5.73 Å². The van der Waals surface area contributed by atoms with Gasteiger partial charge >= 0.3 is 6.18 Å². The van der Waals surface area contributed by atoms with Crippen molar-refractivity contribution in [2.75, 3.05) is 31.1 Å². The molecule has 0 bridgehead atoms. The topological polar surface area (TPSA) is 84.6 Å². The minimum atomic E-state index is -4.44. The average molecular weight is 424 g/mol. The molecule has 1 aromatic heterocycles. The van der Waals surface area contributed by atoms with Crippen molar-refractivity contribution >= 4 is 24.3 Å². The second kappa shape index (κ2) is 9.23. The molecule has 2 atom stereocenters. The number of alkyl halides is 3. The van der Waals surface area contributed by atoms with Crippen LogP contribution in [-0.4, -0.2) is 65.2 Å². The number of anilines is 1. The number of amides is 1. The standard InChI is InChI=1S/C17H24F3N5O2.ClH/c1-11(21)10-27-14-4-7-25(15(14)26)13-2-5-24(6-3-13)16-22-8-12(9-23-16)17(18,19)20;/h8-9,11,13-14H,2-7,10,21H2,1H3;1H/t11-,14?;/m0./s1. The molecule has 1 aromatic rings. The first-order valence-corrected chi connectivity index (χ1v) is 9.07. The van der Waals surface area contributed by atoms with Crippen LogP contribution < -0.4 is 10.6 Å². The maximum atomic E-state index is 12.6. The Kier molecular flexibility index (Phi) is 7.46. The molecule has 3 rings (SSSR count). The van der Waals surface area contributed by atoms with Gasteiger partial charge in [0.25, 0.3) is 5.91 Å². The van der Waals surface area contributed by atoms with E-state index < -0.39 is 17.8 Å². The molecule has 2 fully saturated rings. The number of carbonyl (C=O) groups excluding carboxylic acids is 1. The van der Waals surface area contributed by atoms with Gasteiger partial charge in [-0.1, -0.05) is 0 Å². The number of halogens is 4. The van der Waals surface area contributed by atoms with Crippen LogP contribution >= 0.6 is 12.4 Å². The highest BCUT2D eigenvalue weighted by Gasteiger charge is 2.38. The van der Waals surface area contributed by atoms with Crippen molar-refractivity contribution in [3.8, 4) is 0 Å². The van der Waals surface area contributed by atoms with Gasteiger partial charge in [0.05, 0.1) is 12.2 Å². The molecule has 0 radical (unpaired) electrons. The van der Waals surface area contributed by atoms with E-state index in [1.807, 2.05) is 16.7 Å². The lowest BCUT2D eigenvalue weighted by Gasteiger charge is -2.36. The molecular formula is C17H25ClF3N5O2. The van der Waals surface area contributed by atoms with Gasteiger partial charge in [0, 0.05) is 50.5 Å². The summed E-state index contributed by atoms with van der Waals surface area (Å²) >= 11 is 0. The molecule has 0 spiro atoms. The van der Waals surface area contributed by atoms with Gasteiger partial charge in [0.1, 0.15) is 6.10 Å². The minimum absolute atomic E-state index is 0. The van der Waals surface area contributed by atoms with E-state index in [-0.39, 0.29) is 36.3 Å². The van der Waals surface area contributed by atoms with Crippen LogP contribution in [0.25, 0.3) is 0 Å². The van der Waals surface area contributed by atoms with Gasteiger partial charge in [-0.25, -0.2) is 9.97 Å². The summed E-state index contributed by atoms with van der Waals surface area (Å²) in [5, 5.41) is 0. The van der Waals surface area contributed by atoms with Gasteiger partial charge in [0.15, 0.2) is 0 Å². The molecule has 7 nitrogen and oxygen atoms in total. The maximum Gasteiger partial charge on any atom is 0.419 e. The number of carbonyl (C=O) groups is 1. The second-order valence-corrected chi connectivity index (χ2v) is 7.11. The highest BCUT2D eigenvalue weighted by molar-refractivity contribution is 5.85. The zero-order valence-corrected chi connectivity index (χ0v) is 16.4. The third kappa shape index (κ3) is 5.24. The van der Waals surface area contributed by atoms with Crippen molar-refractivity contribution in [1.29, 1.82) is 0 Å². The molecule has 0 aliphatic carbocycles. The Morgan fingerprint density at radius 2 is 1.82 bits per heavy atom. The predicted octanol–water partition coefficient (Wildman–Crippen LogP) is 1.85. The van der Waals surface area contributed by atoms with Crippen molar-refractivity contribution in [1.82, 2.24) is 14.9 Å². The first kappa shape index (κ1) is 22.6. The normalized spacial score (nSPS) is 22.3. The molecule has 2 aliphatic rings. The fraction of sp³-hybridized carbons (Fsp3) is 0.706. The van der Waals surface area contributed by atoms with Crippen LogP contribution in [0.4, 0.5) is 19.1 Å². The number of hydrogen-bond donors (Lipinski definition) is 1. The number of nitrogens with two attached hydrogens (primary N) is 1. The Morgan fingerprint density at radius 1 is 1.21 bits per heavy atom. The quantitative estimate of drug-likeness (QED) is 0.778. The zero-order chi connectivity index (χ0) is 19.6. The van der Waals surface area contributed by atoms with Crippen LogP contribution in [0.3, 0.4) is 0 Å². The Morgan fingerprint density at radius 3 is 2.36 bits per heavy atom. The average Bonchev–Trinajstić information content (AvgIpc) is 3.00. The van der Waals surface area contributed by atoms with Gasteiger partial charge in [-0.3, -0.25) is 4.79 Å². The summed E-state index contributed by atoms with van der Waals surface area (Å²) in [6, 6.07) is -0.00841. The molecule has 1 amide bonds. The zero-order valence-electron chi connectivity index (χ0n) is 15.6. The number of aromatic nitrogens is 2. The summed E-state index contributed by atoms with van der Waals surface area (Å²) in [5.74, 6) is 0.284. The summed E-state index contributed by atoms with van der Waals surface area (Å²) in [5.41, 5.74) is 4.81. The van der Waals surface area contributed by atoms with Crippen LogP contribution in [0.2, 0.25) is 0 Å². The summed E-state index contributed by atoms with van der Waals surface area (Å²) in [6.07, 6.45) is -1.16. The predicted molar refractivity (Wildman–Crippen MR) is 99.2 cm³/mol. The molecule has 158 valence electrons. The molecule has 2 N–H and O–H groups in total. The van der Waals surface area contributed by atoms with Gasteiger partial charge in [-0.2, -0.15) is 13.2 Å². The van der Waals surface area contributed by atoms with Crippen molar-refractivity contribution in [3.63, 3.8) is 0 Å². The fourth-order valence-electron chi connectivity index (χ4n) is 3.47. The van der Waals surface area contributed by atoms with Crippen molar-refractivity contribution in [2.45, 2.75) is 50.6 Å². The lowest BCUT2D eigenvalue weighted by molar-refractivity contribution is -0.139. The Hall–Kier alpha value is -1.65. The van der Waals surface area contributed by atoms with Gasteiger partial charge < -0.3 is 20.3 Å². The number of hydrogen-bond acceptors (Lipinski definition) is 6. The molecule has 1 unspecified atom stereocenters. The molecule has 11 heteroatoms. The van der Waals surface area contributed by atoms with E-state index in [1.54, 1.807) is 0 Å². The molecular weight excluding hydrogens is 399 g/mol. The van der Waals surface area contributed by atoms with Crippen LogP contribution in [0, 0.1) is 0 Å². The monoisotopic (exact) mass is 423 g/mol. The van der Waals surface area contributed by atoms with Crippen molar-refractivity contribution < 1.29 is 22.7 Å². The highest BCUT2D eigenvalue weighted by Crippen LogP contribution is 2.29. The third-order valence-corrected chi connectivity index (χ3v) is 4.90.